The first kappa shape index (κ1) is 18.9. The molecule has 0 aliphatic carbocycles. The summed E-state index contributed by atoms with van der Waals surface area (Å²) >= 11 is 0. The molecule has 4 nitrogen and oxygen atoms in total. The Balaban J connectivity index is 1.96. The van der Waals surface area contributed by atoms with E-state index in [9.17, 15) is 10.1 Å². The number of nitro groups is 1. The standard InChI is InChI=1S/C21H26N2O2/c1-16(18-8-12-20(13-9-18)23(24)25)14-22(5)15-17-6-10-19(11-7-17)21(2,3)4/h6-13H,1,14-15H2,2-5H3. The molecule has 0 spiro atoms. The lowest BCUT2D eigenvalue weighted by Gasteiger charge is -2.21. The second-order valence-corrected chi connectivity index (χ2v) is 7.53. The molecule has 0 fully saturated rings. The molecular weight excluding hydrogens is 312 g/mol. The minimum absolute atomic E-state index is 0.101. The van der Waals surface area contributed by atoms with Gasteiger partial charge in [0.25, 0.3) is 5.69 Å². The van der Waals surface area contributed by atoms with Gasteiger partial charge in [0.2, 0.25) is 0 Å². The van der Waals surface area contributed by atoms with E-state index < -0.39 is 0 Å². The fraction of sp³-hybridized carbons (Fsp3) is 0.333. The maximum atomic E-state index is 10.7. The summed E-state index contributed by atoms with van der Waals surface area (Å²) in [7, 11) is 2.05. The molecule has 0 N–H and O–H groups in total. The van der Waals surface area contributed by atoms with Crippen molar-refractivity contribution in [3.63, 3.8) is 0 Å². The summed E-state index contributed by atoms with van der Waals surface area (Å²) in [5.41, 5.74) is 4.73. The third-order valence-corrected chi connectivity index (χ3v) is 4.22. The number of non-ortho nitro benzene ring substituents is 1. The lowest BCUT2D eigenvalue weighted by Crippen LogP contribution is -2.20. The summed E-state index contributed by atoms with van der Waals surface area (Å²) in [6, 6.07) is 15.3. The summed E-state index contributed by atoms with van der Waals surface area (Å²) in [5.74, 6) is 0. The lowest BCUT2D eigenvalue weighted by atomic mass is 9.87. The van der Waals surface area contributed by atoms with E-state index in [0.717, 1.165) is 17.7 Å². The molecule has 0 saturated heterocycles. The highest BCUT2D eigenvalue weighted by Gasteiger charge is 2.13. The molecule has 4 heteroatoms. The maximum absolute atomic E-state index is 10.7. The van der Waals surface area contributed by atoms with E-state index in [1.54, 1.807) is 12.1 Å². The largest absolute Gasteiger partial charge is 0.298 e. The highest BCUT2D eigenvalue weighted by molar-refractivity contribution is 5.65. The fourth-order valence-corrected chi connectivity index (χ4v) is 2.71. The minimum Gasteiger partial charge on any atom is -0.298 e. The van der Waals surface area contributed by atoms with Crippen LogP contribution < -0.4 is 0 Å². The van der Waals surface area contributed by atoms with Crippen molar-refractivity contribution in [2.75, 3.05) is 13.6 Å². The zero-order chi connectivity index (χ0) is 18.6. The first-order valence-electron chi connectivity index (χ1n) is 8.37. The Bertz CT molecular complexity index is 741. The van der Waals surface area contributed by atoms with E-state index in [2.05, 4.69) is 56.5 Å². The van der Waals surface area contributed by atoms with Gasteiger partial charge >= 0.3 is 0 Å². The third-order valence-electron chi connectivity index (χ3n) is 4.22. The Labute approximate surface area is 149 Å². The van der Waals surface area contributed by atoms with Gasteiger partial charge in [0, 0.05) is 25.2 Å². The van der Waals surface area contributed by atoms with Gasteiger partial charge in [0.15, 0.2) is 0 Å². The van der Waals surface area contributed by atoms with Crippen molar-refractivity contribution in [3.05, 3.63) is 81.9 Å². The predicted molar refractivity (Wildman–Crippen MR) is 104 cm³/mol. The molecule has 0 aliphatic heterocycles. The van der Waals surface area contributed by atoms with Crippen LogP contribution in [0.4, 0.5) is 5.69 Å². The summed E-state index contributed by atoms with van der Waals surface area (Å²) < 4.78 is 0. The quantitative estimate of drug-likeness (QED) is 0.548. The van der Waals surface area contributed by atoms with Crippen LogP contribution in [0.1, 0.15) is 37.5 Å². The van der Waals surface area contributed by atoms with Crippen LogP contribution in [0.25, 0.3) is 5.57 Å². The van der Waals surface area contributed by atoms with Gasteiger partial charge in [-0.2, -0.15) is 0 Å². The molecule has 0 bridgehead atoms. The normalized spacial score (nSPS) is 11.6. The fourth-order valence-electron chi connectivity index (χ4n) is 2.71. The number of hydrogen-bond acceptors (Lipinski definition) is 3. The van der Waals surface area contributed by atoms with Gasteiger partial charge in [-0.1, -0.05) is 51.6 Å². The molecule has 0 atom stereocenters. The lowest BCUT2D eigenvalue weighted by molar-refractivity contribution is -0.384. The van der Waals surface area contributed by atoms with Crippen LogP contribution in [0.5, 0.6) is 0 Å². The summed E-state index contributed by atoms with van der Waals surface area (Å²) in [5, 5.41) is 10.7. The number of rotatable bonds is 6. The Morgan fingerprint density at radius 3 is 2.12 bits per heavy atom. The molecule has 0 heterocycles. The SMILES string of the molecule is C=C(CN(C)Cc1ccc(C(C)(C)C)cc1)c1ccc([N+](=O)[O-])cc1. The number of benzene rings is 2. The monoisotopic (exact) mass is 338 g/mol. The molecule has 0 aliphatic rings. The van der Waals surface area contributed by atoms with Crippen LogP contribution in [-0.2, 0) is 12.0 Å². The second kappa shape index (κ2) is 7.62. The van der Waals surface area contributed by atoms with Gasteiger partial charge in [-0.25, -0.2) is 0 Å². The molecule has 0 unspecified atom stereocenters. The molecule has 0 saturated carbocycles. The van der Waals surface area contributed by atoms with E-state index >= 15 is 0 Å². The molecule has 0 amide bonds. The topological polar surface area (TPSA) is 46.4 Å². The van der Waals surface area contributed by atoms with Crippen molar-refractivity contribution in [1.82, 2.24) is 4.90 Å². The van der Waals surface area contributed by atoms with Gasteiger partial charge < -0.3 is 0 Å². The van der Waals surface area contributed by atoms with Crippen molar-refractivity contribution in [3.8, 4) is 0 Å². The van der Waals surface area contributed by atoms with Crippen LogP contribution >= 0.6 is 0 Å². The molecule has 0 aromatic heterocycles. The van der Waals surface area contributed by atoms with Crippen molar-refractivity contribution in [2.24, 2.45) is 0 Å². The zero-order valence-corrected chi connectivity index (χ0v) is 15.5. The van der Waals surface area contributed by atoms with Crippen LogP contribution in [0.15, 0.2) is 55.1 Å². The van der Waals surface area contributed by atoms with Crippen LogP contribution in [0.2, 0.25) is 0 Å². The Hall–Kier alpha value is -2.46. The van der Waals surface area contributed by atoms with E-state index in [0.29, 0.717) is 6.54 Å². The summed E-state index contributed by atoms with van der Waals surface area (Å²) in [6.07, 6.45) is 0. The summed E-state index contributed by atoms with van der Waals surface area (Å²) in [4.78, 5) is 12.5. The Morgan fingerprint density at radius 2 is 1.64 bits per heavy atom. The highest BCUT2D eigenvalue weighted by Crippen LogP contribution is 2.23. The van der Waals surface area contributed by atoms with Gasteiger partial charge in [0.05, 0.1) is 4.92 Å². The minimum atomic E-state index is -0.389. The Kier molecular flexibility index (Phi) is 5.75. The van der Waals surface area contributed by atoms with Crippen molar-refractivity contribution in [2.45, 2.75) is 32.7 Å². The van der Waals surface area contributed by atoms with Crippen LogP contribution in [0.3, 0.4) is 0 Å². The molecule has 2 aromatic carbocycles. The smallest absolute Gasteiger partial charge is 0.269 e. The van der Waals surface area contributed by atoms with Crippen LogP contribution in [-0.4, -0.2) is 23.4 Å². The molecule has 2 rings (SSSR count). The van der Waals surface area contributed by atoms with Crippen molar-refractivity contribution < 1.29 is 4.92 Å². The number of likely N-dealkylation sites (N-methyl/N-ethyl adjacent to an activating group) is 1. The summed E-state index contributed by atoms with van der Waals surface area (Å²) in [6.45, 7) is 12.3. The zero-order valence-electron chi connectivity index (χ0n) is 15.5. The van der Waals surface area contributed by atoms with Gasteiger partial charge in [0.1, 0.15) is 0 Å². The highest BCUT2D eigenvalue weighted by atomic mass is 16.6. The maximum Gasteiger partial charge on any atom is 0.269 e. The number of nitro benzene ring substituents is 1. The van der Waals surface area contributed by atoms with E-state index in [4.69, 9.17) is 0 Å². The van der Waals surface area contributed by atoms with Crippen molar-refractivity contribution in [1.29, 1.82) is 0 Å². The molecular formula is C21H26N2O2. The van der Waals surface area contributed by atoms with Crippen molar-refractivity contribution >= 4 is 11.3 Å². The first-order chi connectivity index (χ1) is 11.7. The van der Waals surface area contributed by atoms with E-state index in [-0.39, 0.29) is 16.0 Å². The van der Waals surface area contributed by atoms with Gasteiger partial charge in [-0.15, -0.1) is 0 Å². The van der Waals surface area contributed by atoms with Gasteiger partial charge in [-0.3, -0.25) is 15.0 Å². The third kappa shape index (κ3) is 5.26. The average Bonchev–Trinajstić information content (AvgIpc) is 2.54. The second-order valence-electron chi connectivity index (χ2n) is 7.53. The van der Waals surface area contributed by atoms with E-state index in [1.807, 2.05) is 7.05 Å². The Morgan fingerprint density at radius 1 is 1.08 bits per heavy atom. The van der Waals surface area contributed by atoms with Crippen LogP contribution in [0, 0.1) is 10.1 Å². The number of nitrogens with zero attached hydrogens (tertiary/aromatic N) is 2. The van der Waals surface area contributed by atoms with E-state index in [1.165, 1.54) is 23.3 Å². The molecule has 25 heavy (non-hydrogen) atoms. The first-order valence-corrected chi connectivity index (χ1v) is 8.37. The predicted octanol–water partition coefficient (Wildman–Crippen LogP) is 5.04. The number of hydrogen-bond donors (Lipinski definition) is 0. The van der Waals surface area contributed by atoms with Gasteiger partial charge in [-0.05, 0) is 46.9 Å². The average molecular weight is 338 g/mol. The molecule has 2 aromatic rings. The molecule has 132 valence electrons. The molecule has 0 radical (unpaired) electrons.